The van der Waals surface area contributed by atoms with E-state index in [1.54, 1.807) is 6.20 Å². The maximum atomic E-state index is 5.66. The van der Waals surface area contributed by atoms with Crippen molar-refractivity contribution in [3.63, 3.8) is 0 Å². The molecule has 4 nitrogen and oxygen atoms in total. The molecule has 78 valence electrons. The first-order chi connectivity index (χ1) is 6.86. The van der Waals surface area contributed by atoms with E-state index in [2.05, 4.69) is 4.98 Å². The zero-order valence-electron chi connectivity index (χ0n) is 8.35. The third-order valence-corrected chi connectivity index (χ3v) is 2.78. The van der Waals surface area contributed by atoms with Crippen LogP contribution in [0.1, 0.15) is 19.3 Å². The Labute approximate surface area is 84.1 Å². The summed E-state index contributed by atoms with van der Waals surface area (Å²) in [6.07, 6.45) is 7.29. The number of rotatable bonds is 4. The number of hydrogen-bond acceptors (Lipinski definition) is 3. The van der Waals surface area contributed by atoms with E-state index in [-0.39, 0.29) is 0 Å². The minimum Gasteiger partial charge on any atom is -0.381 e. The minimum atomic E-state index is 0.618. The molecule has 2 rings (SSSR count). The molecular formula is C10H17N3O. The molecule has 0 bridgehead atoms. The van der Waals surface area contributed by atoms with E-state index in [4.69, 9.17) is 10.5 Å². The Bertz CT molecular complexity index is 279. The number of ether oxygens (including phenoxy) is 1. The quantitative estimate of drug-likeness (QED) is 0.787. The van der Waals surface area contributed by atoms with Crippen LogP contribution in [0.4, 0.5) is 5.95 Å². The van der Waals surface area contributed by atoms with Crippen molar-refractivity contribution in [1.82, 2.24) is 9.55 Å². The van der Waals surface area contributed by atoms with Gasteiger partial charge in [-0.1, -0.05) is 0 Å². The molecule has 0 spiro atoms. The molecule has 0 amide bonds. The number of nitrogens with two attached hydrogens (primary N) is 1. The maximum absolute atomic E-state index is 5.66. The maximum Gasteiger partial charge on any atom is 0.200 e. The van der Waals surface area contributed by atoms with Gasteiger partial charge in [-0.2, -0.15) is 0 Å². The summed E-state index contributed by atoms with van der Waals surface area (Å²) in [6.45, 7) is 2.86. The summed E-state index contributed by atoms with van der Waals surface area (Å²) in [5, 5.41) is 0. The number of anilines is 1. The van der Waals surface area contributed by atoms with E-state index in [9.17, 15) is 0 Å². The van der Waals surface area contributed by atoms with Crippen molar-refractivity contribution in [3.8, 4) is 0 Å². The van der Waals surface area contributed by atoms with E-state index in [1.807, 2.05) is 10.8 Å². The third-order valence-electron chi connectivity index (χ3n) is 2.78. The van der Waals surface area contributed by atoms with Crippen molar-refractivity contribution < 1.29 is 4.74 Å². The average molecular weight is 195 g/mol. The summed E-state index contributed by atoms with van der Waals surface area (Å²) < 4.78 is 7.32. The van der Waals surface area contributed by atoms with Crippen molar-refractivity contribution in [2.45, 2.75) is 25.8 Å². The van der Waals surface area contributed by atoms with Crippen LogP contribution in [0.5, 0.6) is 0 Å². The lowest BCUT2D eigenvalue weighted by molar-refractivity contribution is 0.183. The van der Waals surface area contributed by atoms with Crippen LogP contribution in [0.3, 0.4) is 0 Å². The fourth-order valence-electron chi connectivity index (χ4n) is 1.89. The van der Waals surface area contributed by atoms with Crippen LogP contribution in [0, 0.1) is 5.92 Å². The number of imidazole rings is 1. The van der Waals surface area contributed by atoms with Gasteiger partial charge >= 0.3 is 0 Å². The predicted octanol–water partition coefficient (Wildman–Crippen LogP) is 1.28. The van der Waals surface area contributed by atoms with E-state index in [0.29, 0.717) is 5.95 Å². The second kappa shape index (κ2) is 4.46. The highest BCUT2D eigenvalue weighted by Gasteiger charge is 2.14. The van der Waals surface area contributed by atoms with Gasteiger partial charge in [-0.3, -0.25) is 0 Å². The molecule has 0 radical (unpaired) electrons. The second-order valence-corrected chi connectivity index (χ2v) is 3.85. The van der Waals surface area contributed by atoms with Gasteiger partial charge in [0.2, 0.25) is 0 Å². The van der Waals surface area contributed by atoms with Gasteiger partial charge in [-0.05, 0) is 25.2 Å². The Morgan fingerprint density at radius 3 is 3.21 bits per heavy atom. The third kappa shape index (κ3) is 2.26. The number of hydrogen-bond donors (Lipinski definition) is 1. The summed E-state index contributed by atoms with van der Waals surface area (Å²) in [5.41, 5.74) is 5.66. The first kappa shape index (κ1) is 9.52. The number of aromatic nitrogens is 2. The molecule has 0 aliphatic carbocycles. The average Bonchev–Trinajstić information content (AvgIpc) is 2.78. The topological polar surface area (TPSA) is 53.1 Å². The van der Waals surface area contributed by atoms with Crippen LogP contribution in [0.2, 0.25) is 0 Å². The molecule has 4 heteroatoms. The van der Waals surface area contributed by atoms with E-state index < -0.39 is 0 Å². The van der Waals surface area contributed by atoms with Crippen LogP contribution in [0.25, 0.3) is 0 Å². The van der Waals surface area contributed by atoms with Crippen LogP contribution in [-0.4, -0.2) is 22.8 Å². The molecule has 1 aliphatic rings. The van der Waals surface area contributed by atoms with Crippen molar-refractivity contribution in [2.75, 3.05) is 18.9 Å². The van der Waals surface area contributed by atoms with Crippen LogP contribution >= 0.6 is 0 Å². The molecule has 1 unspecified atom stereocenters. The molecule has 1 aromatic heterocycles. The van der Waals surface area contributed by atoms with Gasteiger partial charge in [0.15, 0.2) is 5.95 Å². The van der Waals surface area contributed by atoms with Crippen molar-refractivity contribution >= 4 is 5.95 Å². The molecule has 1 fully saturated rings. The predicted molar refractivity (Wildman–Crippen MR) is 54.8 cm³/mol. The molecule has 14 heavy (non-hydrogen) atoms. The summed E-state index contributed by atoms with van der Waals surface area (Å²) >= 11 is 0. The zero-order valence-corrected chi connectivity index (χ0v) is 8.35. The molecule has 1 saturated heterocycles. The normalized spacial score (nSPS) is 21.6. The standard InChI is InChI=1S/C10H17N3O/c11-10-12-4-6-13(10)5-1-2-9-3-7-14-8-9/h4,6,9H,1-3,5,7-8H2,(H2,11,12). The summed E-state index contributed by atoms with van der Waals surface area (Å²) in [4.78, 5) is 3.98. The van der Waals surface area contributed by atoms with Gasteiger partial charge in [0.1, 0.15) is 0 Å². The monoisotopic (exact) mass is 195 g/mol. The fraction of sp³-hybridized carbons (Fsp3) is 0.700. The minimum absolute atomic E-state index is 0.618. The molecule has 2 heterocycles. The molecule has 1 atom stereocenters. The molecule has 0 aromatic carbocycles. The summed E-state index contributed by atoms with van der Waals surface area (Å²) in [6, 6.07) is 0. The van der Waals surface area contributed by atoms with Gasteiger partial charge in [0, 0.05) is 32.2 Å². The fourth-order valence-corrected chi connectivity index (χ4v) is 1.89. The highest BCUT2D eigenvalue weighted by atomic mass is 16.5. The van der Waals surface area contributed by atoms with Gasteiger partial charge in [-0.15, -0.1) is 0 Å². The Morgan fingerprint density at radius 1 is 1.64 bits per heavy atom. The molecule has 2 N–H and O–H groups in total. The first-order valence-electron chi connectivity index (χ1n) is 5.20. The van der Waals surface area contributed by atoms with Gasteiger partial charge in [0.05, 0.1) is 0 Å². The smallest absolute Gasteiger partial charge is 0.200 e. The van der Waals surface area contributed by atoms with Gasteiger partial charge in [-0.25, -0.2) is 4.98 Å². The van der Waals surface area contributed by atoms with Crippen molar-refractivity contribution in [2.24, 2.45) is 5.92 Å². The molecular weight excluding hydrogens is 178 g/mol. The second-order valence-electron chi connectivity index (χ2n) is 3.85. The van der Waals surface area contributed by atoms with Crippen LogP contribution < -0.4 is 5.73 Å². The van der Waals surface area contributed by atoms with Crippen molar-refractivity contribution in [3.05, 3.63) is 12.4 Å². The van der Waals surface area contributed by atoms with Crippen LogP contribution in [-0.2, 0) is 11.3 Å². The largest absolute Gasteiger partial charge is 0.381 e. The Kier molecular flexibility index (Phi) is 3.03. The lowest BCUT2D eigenvalue weighted by Gasteiger charge is -2.08. The molecule has 1 aromatic rings. The Hall–Kier alpha value is -1.03. The van der Waals surface area contributed by atoms with Gasteiger partial charge < -0.3 is 15.0 Å². The van der Waals surface area contributed by atoms with Crippen molar-refractivity contribution in [1.29, 1.82) is 0 Å². The highest BCUT2D eigenvalue weighted by Crippen LogP contribution is 2.18. The highest BCUT2D eigenvalue weighted by molar-refractivity contribution is 5.16. The number of nitrogens with zero attached hydrogens (tertiary/aromatic N) is 2. The first-order valence-corrected chi connectivity index (χ1v) is 5.20. The summed E-state index contributed by atoms with van der Waals surface area (Å²) in [7, 11) is 0. The SMILES string of the molecule is Nc1nccn1CCCC1CCOC1. The summed E-state index contributed by atoms with van der Waals surface area (Å²) in [5.74, 6) is 1.38. The Morgan fingerprint density at radius 2 is 2.57 bits per heavy atom. The van der Waals surface area contributed by atoms with E-state index in [0.717, 1.165) is 32.1 Å². The number of nitrogen functional groups attached to an aromatic ring is 1. The Balaban J connectivity index is 1.70. The molecule has 0 saturated carbocycles. The molecule has 1 aliphatic heterocycles. The van der Waals surface area contributed by atoms with E-state index in [1.165, 1.54) is 12.8 Å². The zero-order chi connectivity index (χ0) is 9.80. The number of aryl methyl sites for hydroxylation is 1. The lowest BCUT2D eigenvalue weighted by Crippen LogP contribution is -2.05. The lowest BCUT2D eigenvalue weighted by atomic mass is 10.0. The van der Waals surface area contributed by atoms with E-state index >= 15 is 0 Å². The van der Waals surface area contributed by atoms with Crippen LogP contribution in [0.15, 0.2) is 12.4 Å². The van der Waals surface area contributed by atoms with Gasteiger partial charge in [0.25, 0.3) is 0 Å².